The second kappa shape index (κ2) is 6.53. The van der Waals surface area contributed by atoms with Crippen LogP contribution in [-0.4, -0.2) is 18.8 Å². The number of aryl methyl sites for hydroxylation is 1. The summed E-state index contributed by atoms with van der Waals surface area (Å²) in [6, 6.07) is 8.82. The molecule has 1 aliphatic carbocycles. The van der Waals surface area contributed by atoms with E-state index in [1.807, 2.05) is 0 Å². The van der Waals surface area contributed by atoms with Crippen LogP contribution >= 0.6 is 0 Å². The normalized spacial score (nSPS) is 19.2. The molecule has 2 rings (SSSR count). The fourth-order valence-electron chi connectivity index (χ4n) is 3.11. The molecule has 0 bridgehead atoms. The zero-order valence-corrected chi connectivity index (χ0v) is 12.3. The molecule has 0 amide bonds. The molecule has 2 nitrogen and oxygen atoms in total. The van der Waals surface area contributed by atoms with Gasteiger partial charge in [-0.05, 0) is 43.2 Å². The Morgan fingerprint density at radius 1 is 1.26 bits per heavy atom. The summed E-state index contributed by atoms with van der Waals surface area (Å²) in [6.45, 7) is 5.78. The molecule has 1 aromatic rings. The van der Waals surface area contributed by atoms with Crippen LogP contribution in [0.3, 0.4) is 0 Å². The summed E-state index contributed by atoms with van der Waals surface area (Å²) in [6.07, 6.45) is 5.73. The minimum absolute atomic E-state index is 0.119. The lowest BCUT2D eigenvalue weighted by molar-refractivity contribution is -0.0520. The van der Waals surface area contributed by atoms with Crippen molar-refractivity contribution in [2.75, 3.05) is 13.2 Å². The van der Waals surface area contributed by atoms with E-state index < -0.39 is 0 Å². The highest BCUT2D eigenvalue weighted by atomic mass is 16.5. The molecule has 0 fully saturated rings. The second-order valence-corrected chi connectivity index (χ2v) is 5.69. The van der Waals surface area contributed by atoms with Crippen molar-refractivity contribution < 1.29 is 4.74 Å². The smallest absolute Gasteiger partial charge is 0.0799 e. The summed E-state index contributed by atoms with van der Waals surface area (Å²) in [5.41, 5.74) is 8.80. The summed E-state index contributed by atoms with van der Waals surface area (Å²) in [4.78, 5) is 0. The second-order valence-electron chi connectivity index (χ2n) is 5.69. The summed E-state index contributed by atoms with van der Waals surface area (Å²) in [7, 11) is 0. The Morgan fingerprint density at radius 3 is 2.68 bits per heavy atom. The molecule has 2 heteroatoms. The van der Waals surface area contributed by atoms with E-state index in [1.54, 1.807) is 0 Å². The van der Waals surface area contributed by atoms with Gasteiger partial charge in [0.1, 0.15) is 0 Å². The minimum Gasteiger partial charge on any atom is -0.373 e. The summed E-state index contributed by atoms with van der Waals surface area (Å²) in [5.74, 6) is 0.550. The summed E-state index contributed by atoms with van der Waals surface area (Å²) < 4.78 is 6.25. The molecular weight excluding hydrogens is 234 g/mol. The van der Waals surface area contributed by atoms with Crippen LogP contribution in [0.2, 0.25) is 0 Å². The zero-order valence-electron chi connectivity index (χ0n) is 12.3. The molecule has 1 aromatic carbocycles. The Bertz CT molecular complexity index is 390. The third kappa shape index (κ3) is 3.18. The Morgan fingerprint density at radius 2 is 2.00 bits per heavy atom. The Labute approximate surface area is 117 Å². The molecular formula is C17H27NO. The van der Waals surface area contributed by atoms with Gasteiger partial charge in [0.05, 0.1) is 12.2 Å². The molecule has 0 saturated heterocycles. The van der Waals surface area contributed by atoms with E-state index in [0.29, 0.717) is 12.5 Å². The van der Waals surface area contributed by atoms with E-state index in [1.165, 1.54) is 30.4 Å². The minimum atomic E-state index is -0.119. The van der Waals surface area contributed by atoms with Crippen molar-refractivity contribution in [2.24, 2.45) is 5.73 Å². The fourth-order valence-corrected chi connectivity index (χ4v) is 3.11. The average Bonchev–Trinajstić information content (AvgIpc) is 2.49. The molecule has 0 saturated carbocycles. The molecule has 1 unspecified atom stereocenters. The topological polar surface area (TPSA) is 35.2 Å². The maximum atomic E-state index is 6.25. The summed E-state index contributed by atoms with van der Waals surface area (Å²) in [5, 5.41) is 0. The van der Waals surface area contributed by atoms with Crippen molar-refractivity contribution in [3.8, 4) is 0 Å². The van der Waals surface area contributed by atoms with Gasteiger partial charge in [0.2, 0.25) is 0 Å². The predicted octanol–water partition coefficient (Wildman–Crippen LogP) is 3.64. The lowest BCUT2D eigenvalue weighted by atomic mass is 9.83. The van der Waals surface area contributed by atoms with Crippen LogP contribution in [0, 0.1) is 0 Å². The van der Waals surface area contributed by atoms with Crippen molar-refractivity contribution >= 4 is 0 Å². The molecule has 106 valence electrons. The van der Waals surface area contributed by atoms with Crippen molar-refractivity contribution in [1.82, 2.24) is 0 Å². The number of nitrogens with two attached hydrogens (primary N) is 1. The van der Waals surface area contributed by atoms with Crippen molar-refractivity contribution in [3.63, 3.8) is 0 Å². The van der Waals surface area contributed by atoms with Crippen molar-refractivity contribution in [2.45, 2.75) is 57.5 Å². The Balaban J connectivity index is 2.05. The standard InChI is InChI=1S/C17H27NO/c1-3-17(4-2,13-18)19-12-15-10-7-9-14-8-5-6-11-16(14)15/h5-6,8,11,15H,3-4,7,9-10,12-13,18H2,1-2H3. The number of fused-ring (bicyclic) bond motifs is 1. The number of benzene rings is 1. The lowest BCUT2D eigenvalue weighted by Gasteiger charge is -2.34. The van der Waals surface area contributed by atoms with Gasteiger partial charge in [0, 0.05) is 12.5 Å². The first-order valence-corrected chi connectivity index (χ1v) is 7.66. The van der Waals surface area contributed by atoms with Crippen LogP contribution in [0.1, 0.15) is 56.6 Å². The molecule has 0 radical (unpaired) electrons. The fraction of sp³-hybridized carbons (Fsp3) is 0.647. The van der Waals surface area contributed by atoms with Gasteiger partial charge in [0.15, 0.2) is 0 Å². The van der Waals surface area contributed by atoms with Crippen LogP contribution in [0.4, 0.5) is 0 Å². The van der Waals surface area contributed by atoms with Gasteiger partial charge in [-0.3, -0.25) is 0 Å². The van der Waals surface area contributed by atoms with Crippen LogP contribution in [0.15, 0.2) is 24.3 Å². The van der Waals surface area contributed by atoms with Gasteiger partial charge < -0.3 is 10.5 Å². The van der Waals surface area contributed by atoms with Crippen LogP contribution in [0.5, 0.6) is 0 Å². The third-order valence-electron chi connectivity index (χ3n) is 4.75. The number of rotatable bonds is 6. The molecule has 0 spiro atoms. The van der Waals surface area contributed by atoms with E-state index in [0.717, 1.165) is 19.4 Å². The van der Waals surface area contributed by atoms with Crippen LogP contribution in [0.25, 0.3) is 0 Å². The largest absolute Gasteiger partial charge is 0.373 e. The van der Waals surface area contributed by atoms with Gasteiger partial charge in [-0.1, -0.05) is 38.1 Å². The van der Waals surface area contributed by atoms with Gasteiger partial charge >= 0.3 is 0 Å². The van der Waals surface area contributed by atoms with E-state index in [4.69, 9.17) is 10.5 Å². The maximum Gasteiger partial charge on any atom is 0.0799 e. The van der Waals surface area contributed by atoms with Gasteiger partial charge in [0.25, 0.3) is 0 Å². The molecule has 2 N–H and O–H groups in total. The van der Waals surface area contributed by atoms with E-state index in [-0.39, 0.29) is 5.60 Å². The zero-order chi connectivity index (χ0) is 13.7. The molecule has 1 atom stereocenters. The number of ether oxygens (including phenoxy) is 1. The Hall–Kier alpha value is -0.860. The molecule has 0 heterocycles. The quantitative estimate of drug-likeness (QED) is 0.848. The molecule has 0 aliphatic heterocycles. The van der Waals surface area contributed by atoms with E-state index in [9.17, 15) is 0 Å². The first-order valence-electron chi connectivity index (χ1n) is 7.66. The van der Waals surface area contributed by atoms with E-state index in [2.05, 4.69) is 38.1 Å². The highest BCUT2D eigenvalue weighted by molar-refractivity contribution is 5.32. The molecule has 19 heavy (non-hydrogen) atoms. The van der Waals surface area contributed by atoms with Crippen molar-refractivity contribution in [1.29, 1.82) is 0 Å². The first kappa shape index (κ1) is 14.5. The van der Waals surface area contributed by atoms with Gasteiger partial charge in [-0.25, -0.2) is 0 Å². The van der Waals surface area contributed by atoms with Crippen LogP contribution in [-0.2, 0) is 11.2 Å². The third-order valence-corrected chi connectivity index (χ3v) is 4.75. The SMILES string of the molecule is CCC(CC)(CN)OCC1CCCc2ccccc21. The summed E-state index contributed by atoms with van der Waals surface area (Å²) >= 11 is 0. The predicted molar refractivity (Wildman–Crippen MR) is 80.4 cm³/mol. The number of hydrogen-bond donors (Lipinski definition) is 1. The molecule has 1 aliphatic rings. The Kier molecular flexibility index (Phi) is 5.00. The average molecular weight is 261 g/mol. The monoisotopic (exact) mass is 261 g/mol. The number of hydrogen-bond acceptors (Lipinski definition) is 2. The van der Waals surface area contributed by atoms with Crippen molar-refractivity contribution in [3.05, 3.63) is 35.4 Å². The van der Waals surface area contributed by atoms with Gasteiger partial charge in [-0.2, -0.15) is 0 Å². The highest BCUT2D eigenvalue weighted by Crippen LogP contribution is 2.33. The maximum absolute atomic E-state index is 6.25. The molecule has 0 aromatic heterocycles. The van der Waals surface area contributed by atoms with Crippen LogP contribution < -0.4 is 5.73 Å². The lowest BCUT2D eigenvalue weighted by Crippen LogP contribution is -2.40. The highest BCUT2D eigenvalue weighted by Gasteiger charge is 2.28. The first-order chi connectivity index (χ1) is 9.24. The van der Waals surface area contributed by atoms with Gasteiger partial charge in [-0.15, -0.1) is 0 Å². The van der Waals surface area contributed by atoms with E-state index >= 15 is 0 Å².